The molecule has 0 unspecified atom stereocenters. The molecule has 1 N–H and O–H groups in total. The summed E-state index contributed by atoms with van der Waals surface area (Å²) >= 11 is 0. The Kier molecular flexibility index (Phi) is 8.38. The third-order valence-electron chi connectivity index (χ3n) is 9.42. The molecule has 3 aliphatic rings. The first-order chi connectivity index (χ1) is 21.4. The number of likely N-dealkylation sites (N-methyl/N-ethyl adjacent to an activating group) is 1. The Morgan fingerprint density at radius 1 is 1.13 bits per heavy atom. The van der Waals surface area contributed by atoms with E-state index in [2.05, 4.69) is 46.2 Å². The predicted octanol–water partition coefficient (Wildman–Crippen LogP) is 4.10. The van der Waals surface area contributed by atoms with Crippen LogP contribution in [0.15, 0.2) is 30.6 Å². The molecular formula is C32H41F3N8O2. The molecule has 2 aromatic heterocycles. The van der Waals surface area contributed by atoms with Gasteiger partial charge in [0.2, 0.25) is 0 Å². The fourth-order valence-corrected chi connectivity index (χ4v) is 6.77. The number of benzene rings is 1. The third-order valence-corrected chi connectivity index (χ3v) is 9.42. The smallest absolute Gasteiger partial charge is 0.379 e. The number of fused-ring (bicyclic) bond motifs is 1. The van der Waals surface area contributed by atoms with Crippen LogP contribution in [-0.4, -0.2) is 87.9 Å². The van der Waals surface area contributed by atoms with Crippen molar-refractivity contribution < 1.29 is 22.7 Å². The van der Waals surface area contributed by atoms with Crippen LogP contribution >= 0.6 is 0 Å². The first kappa shape index (κ1) is 31.4. The highest BCUT2D eigenvalue weighted by Crippen LogP contribution is 2.42. The number of halogens is 3. The van der Waals surface area contributed by atoms with Crippen LogP contribution < -0.4 is 10.2 Å². The second kappa shape index (κ2) is 12.0. The lowest BCUT2D eigenvalue weighted by Crippen LogP contribution is -2.53. The quantitative estimate of drug-likeness (QED) is 0.380. The summed E-state index contributed by atoms with van der Waals surface area (Å²) in [6.45, 7) is 10.3. The molecule has 45 heavy (non-hydrogen) atoms. The van der Waals surface area contributed by atoms with Gasteiger partial charge in [-0.2, -0.15) is 13.2 Å². The van der Waals surface area contributed by atoms with Crippen molar-refractivity contribution in [3.8, 4) is 0 Å². The number of carbonyl (C=O) groups excluding carboxylic acids is 1. The second-order valence-electron chi connectivity index (χ2n) is 13.0. The monoisotopic (exact) mass is 626 g/mol. The fraction of sp³-hybridized carbons (Fsp3) is 0.562. The number of rotatable bonds is 9. The highest BCUT2D eigenvalue weighted by molar-refractivity contribution is 6.10. The van der Waals surface area contributed by atoms with E-state index in [1.165, 1.54) is 11.0 Å². The molecule has 3 aromatic rings. The third kappa shape index (κ3) is 6.05. The molecule has 0 bridgehead atoms. The minimum absolute atomic E-state index is 0.00647. The van der Waals surface area contributed by atoms with Gasteiger partial charge in [-0.25, -0.2) is 4.98 Å². The molecule has 242 valence electrons. The van der Waals surface area contributed by atoms with Crippen molar-refractivity contribution in [3.63, 3.8) is 0 Å². The molecule has 0 aliphatic carbocycles. The van der Waals surface area contributed by atoms with Crippen molar-refractivity contribution in [2.24, 2.45) is 13.0 Å². The lowest BCUT2D eigenvalue weighted by Gasteiger charge is -2.42. The van der Waals surface area contributed by atoms with Gasteiger partial charge in [-0.3, -0.25) is 14.6 Å². The van der Waals surface area contributed by atoms with Crippen LogP contribution in [0.4, 0.5) is 24.8 Å². The number of aromatic nitrogens is 4. The molecule has 0 spiro atoms. The van der Waals surface area contributed by atoms with Gasteiger partial charge in [-0.05, 0) is 60.8 Å². The zero-order valence-electron chi connectivity index (χ0n) is 26.5. The van der Waals surface area contributed by atoms with Gasteiger partial charge in [-0.1, -0.05) is 13.8 Å². The summed E-state index contributed by atoms with van der Waals surface area (Å²) in [5.74, 6) is 1.50. The molecule has 6 rings (SSSR count). The number of hydrogen-bond donors (Lipinski definition) is 1. The Balaban J connectivity index is 1.36. The van der Waals surface area contributed by atoms with E-state index >= 15 is 0 Å². The van der Waals surface area contributed by atoms with Crippen LogP contribution in [0.5, 0.6) is 0 Å². The number of alkyl halides is 3. The number of ether oxygens (including phenoxy) is 1. The summed E-state index contributed by atoms with van der Waals surface area (Å²) in [5.41, 5.74) is 0.276. The van der Waals surface area contributed by atoms with Gasteiger partial charge in [0.1, 0.15) is 23.8 Å². The van der Waals surface area contributed by atoms with Crippen molar-refractivity contribution in [1.29, 1.82) is 0 Å². The SMILES string of the molecule is CCNc1cc(C2(Cc3nncn3C)COC2)cc(N2Cc3c(cc(CN4CCN(C)C[C@@H]4C(C)C)cc3C(F)(F)F)C2=O)n1. The summed E-state index contributed by atoms with van der Waals surface area (Å²) in [7, 11) is 3.95. The van der Waals surface area contributed by atoms with Gasteiger partial charge in [0.25, 0.3) is 5.91 Å². The van der Waals surface area contributed by atoms with Crippen LogP contribution in [0.25, 0.3) is 0 Å². The molecule has 0 radical (unpaired) electrons. The van der Waals surface area contributed by atoms with Crippen molar-refractivity contribution in [2.45, 2.75) is 57.9 Å². The number of piperazine rings is 1. The van der Waals surface area contributed by atoms with E-state index in [4.69, 9.17) is 9.72 Å². The largest absolute Gasteiger partial charge is 0.416 e. The van der Waals surface area contributed by atoms with Crippen molar-refractivity contribution in [2.75, 3.05) is 56.7 Å². The minimum Gasteiger partial charge on any atom is -0.379 e. The Labute approximate surface area is 261 Å². The summed E-state index contributed by atoms with van der Waals surface area (Å²) in [6.07, 6.45) is -2.41. The van der Waals surface area contributed by atoms with Gasteiger partial charge < -0.3 is 19.5 Å². The molecule has 2 saturated heterocycles. The van der Waals surface area contributed by atoms with E-state index in [1.54, 1.807) is 12.4 Å². The van der Waals surface area contributed by atoms with Crippen molar-refractivity contribution >= 4 is 17.5 Å². The Morgan fingerprint density at radius 2 is 1.91 bits per heavy atom. The Morgan fingerprint density at radius 3 is 2.53 bits per heavy atom. The topological polar surface area (TPSA) is 91.7 Å². The van der Waals surface area contributed by atoms with Crippen molar-refractivity contribution in [1.82, 2.24) is 29.5 Å². The molecule has 3 aliphatic heterocycles. The van der Waals surface area contributed by atoms with E-state index in [-0.39, 0.29) is 23.7 Å². The lowest BCUT2D eigenvalue weighted by atomic mass is 9.75. The minimum atomic E-state index is -4.61. The number of aryl methyl sites for hydroxylation is 1. The predicted molar refractivity (Wildman–Crippen MR) is 164 cm³/mol. The zero-order valence-corrected chi connectivity index (χ0v) is 26.5. The van der Waals surface area contributed by atoms with Gasteiger partial charge in [0, 0.05) is 63.2 Å². The average molecular weight is 627 g/mol. The van der Waals surface area contributed by atoms with Crippen LogP contribution in [0, 0.1) is 5.92 Å². The maximum absolute atomic E-state index is 14.6. The molecule has 5 heterocycles. The first-order valence-electron chi connectivity index (χ1n) is 15.5. The van der Waals surface area contributed by atoms with Crippen LogP contribution in [-0.2, 0) is 42.9 Å². The molecule has 1 aromatic carbocycles. The van der Waals surface area contributed by atoms with E-state index in [9.17, 15) is 18.0 Å². The van der Waals surface area contributed by atoms with Crippen LogP contribution in [0.2, 0.25) is 0 Å². The van der Waals surface area contributed by atoms with Gasteiger partial charge in [0.15, 0.2) is 0 Å². The van der Waals surface area contributed by atoms with Crippen LogP contribution in [0.1, 0.15) is 59.2 Å². The number of anilines is 2. The molecular weight excluding hydrogens is 585 g/mol. The number of nitrogens with zero attached hydrogens (tertiary/aromatic N) is 7. The second-order valence-corrected chi connectivity index (χ2v) is 13.0. The van der Waals surface area contributed by atoms with E-state index in [1.807, 2.05) is 30.7 Å². The standard InChI is InChI=1S/C32H41F3N8O2/c1-6-36-27-11-22(31(17-45-18-31)13-29-39-37-19-41(29)5)12-28(38-27)43-15-24-23(30(43)44)9-21(10-25(24)32(33,34)35)14-42-8-7-40(4)16-26(42)20(2)3/h9-12,19-20,26H,6-8,13-18H2,1-5H3,(H,36,38)/t26-/m1/s1. The van der Waals surface area contributed by atoms with E-state index < -0.39 is 23.1 Å². The first-order valence-corrected chi connectivity index (χ1v) is 15.5. The van der Waals surface area contributed by atoms with Crippen LogP contribution in [0.3, 0.4) is 0 Å². The van der Waals surface area contributed by atoms with Gasteiger partial charge in [-0.15, -0.1) is 10.2 Å². The number of carbonyl (C=O) groups is 1. The zero-order chi connectivity index (χ0) is 32.1. The molecule has 0 saturated carbocycles. The maximum Gasteiger partial charge on any atom is 0.416 e. The molecule has 10 nitrogen and oxygen atoms in total. The van der Waals surface area contributed by atoms with Crippen molar-refractivity contribution in [3.05, 3.63) is 64.2 Å². The number of hydrogen-bond acceptors (Lipinski definition) is 8. The summed E-state index contributed by atoms with van der Waals surface area (Å²) in [4.78, 5) is 24.5. The normalized spacial score (nSPS) is 20.5. The Hall–Kier alpha value is -3.55. The molecule has 13 heteroatoms. The summed E-state index contributed by atoms with van der Waals surface area (Å²) in [5, 5.41) is 11.5. The van der Waals surface area contributed by atoms with E-state index in [0.717, 1.165) is 31.0 Å². The molecule has 2 fully saturated rings. The van der Waals surface area contributed by atoms with Gasteiger partial charge in [0.05, 0.1) is 25.3 Å². The van der Waals surface area contributed by atoms with E-state index in [0.29, 0.717) is 55.8 Å². The number of nitrogens with one attached hydrogen (secondary N) is 1. The highest BCUT2D eigenvalue weighted by atomic mass is 19.4. The van der Waals surface area contributed by atoms with Gasteiger partial charge >= 0.3 is 6.18 Å². The highest BCUT2D eigenvalue weighted by Gasteiger charge is 2.44. The number of amides is 1. The average Bonchev–Trinajstić information content (AvgIpc) is 3.52. The summed E-state index contributed by atoms with van der Waals surface area (Å²) in [6, 6.07) is 6.85. The fourth-order valence-electron chi connectivity index (χ4n) is 6.77. The number of pyridine rings is 1. The molecule has 1 atom stereocenters. The Bertz CT molecular complexity index is 1570. The molecule has 1 amide bonds. The lowest BCUT2D eigenvalue weighted by molar-refractivity contribution is -0.138. The summed E-state index contributed by atoms with van der Waals surface area (Å²) < 4.78 is 51.2. The maximum atomic E-state index is 14.6.